The van der Waals surface area contributed by atoms with Crippen molar-refractivity contribution >= 4 is 0 Å². The molecule has 2 aromatic heterocycles. The van der Waals surface area contributed by atoms with Crippen molar-refractivity contribution in [1.29, 1.82) is 0 Å². The summed E-state index contributed by atoms with van der Waals surface area (Å²) in [5.41, 5.74) is 4.16. The summed E-state index contributed by atoms with van der Waals surface area (Å²) in [7, 11) is 0. The SMILES string of the molecule is Cc1oc(-c2ccc(-c3ccccn3)cc2)nc1CCN1CCCC1C. The van der Waals surface area contributed by atoms with E-state index in [4.69, 9.17) is 9.40 Å². The molecule has 0 radical (unpaired) electrons. The van der Waals surface area contributed by atoms with Gasteiger partial charge in [-0.05, 0) is 57.5 Å². The van der Waals surface area contributed by atoms with Crippen molar-refractivity contribution < 1.29 is 4.42 Å². The number of pyridine rings is 1. The monoisotopic (exact) mass is 347 g/mol. The molecular formula is C22H25N3O. The van der Waals surface area contributed by atoms with Crippen LogP contribution in [0.1, 0.15) is 31.2 Å². The summed E-state index contributed by atoms with van der Waals surface area (Å²) < 4.78 is 5.94. The molecule has 0 amide bonds. The molecule has 4 rings (SSSR count). The van der Waals surface area contributed by atoms with Crippen molar-refractivity contribution in [3.05, 3.63) is 60.1 Å². The van der Waals surface area contributed by atoms with Crippen LogP contribution in [0.15, 0.2) is 53.1 Å². The van der Waals surface area contributed by atoms with Crippen LogP contribution in [0, 0.1) is 6.92 Å². The molecule has 1 saturated heterocycles. The molecule has 4 heteroatoms. The van der Waals surface area contributed by atoms with Crippen molar-refractivity contribution in [1.82, 2.24) is 14.9 Å². The maximum Gasteiger partial charge on any atom is 0.226 e. The largest absolute Gasteiger partial charge is 0.441 e. The second kappa shape index (κ2) is 7.42. The third-order valence-corrected chi connectivity index (χ3v) is 5.31. The molecule has 0 N–H and O–H groups in total. The lowest BCUT2D eigenvalue weighted by molar-refractivity contribution is 0.271. The number of hydrogen-bond acceptors (Lipinski definition) is 4. The number of rotatable bonds is 5. The zero-order valence-electron chi connectivity index (χ0n) is 15.5. The van der Waals surface area contributed by atoms with Crippen LogP contribution in [0.2, 0.25) is 0 Å². The first-order chi connectivity index (χ1) is 12.7. The van der Waals surface area contributed by atoms with Crippen LogP contribution in [0.3, 0.4) is 0 Å². The van der Waals surface area contributed by atoms with E-state index in [1.165, 1.54) is 19.4 Å². The molecule has 134 valence electrons. The Balaban J connectivity index is 1.48. The fourth-order valence-corrected chi connectivity index (χ4v) is 3.67. The van der Waals surface area contributed by atoms with Gasteiger partial charge < -0.3 is 9.32 Å². The van der Waals surface area contributed by atoms with Gasteiger partial charge in [-0.15, -0.1) is 0 Å². The van der Waals surface area contributed by atoms with Gasteiger partial charge in [-0.2, -0.15) is 0 Å². The van der Waals surface area contributed by atoms with Gasteiger partial charge in [0.1, 0.15) is 5.76 Å². The van der Waals surface area contributed by atoms with E-state index in [1.807, 2.05) is 31.3 Å². The van der Waals surface area contributed by atoms with Gasteiger partial charge in [-0.1, -0.05) is 18.2 Å². The zero-order valence-corrected chi connectivity index (χ0v) is 15.5. The summed E-state index contributed by atoms with van der Waals surface area (Å²) in [6.07, 6.45) is 5.39. The number of likely N-dealkylation sites (tertiary alicyclic amines) is 1. The molecule has 0 spiro atoms. The molecule has 1 atom stereocenters. The average Bonchev–Trinajstić information content (AvgIpc) is 3.26. The smallest absolute Gasteiger partial charge is 0.226 e. The predicted octanol–water partition coefficient (Wildman–Crippen LogP) is 4.74. The number of hydrogen-bond donors (Lipinski definition) is 0. The predicted molar refractivity (Wildman–Crippen MR) is 104 cm³/mol. The summed E-state index contributed by atoms with van der Waals surface area (Å²) in [5.74, 6) is 1.64. The second-order valence-corrected chi connectivity index (χ2v) is 7.09. The quantitative estimate of drug-likeness (QED) is 0.668. The Morgan fingerprint density at radius 2 is 1.92 bits per heavy atom. The Kier molecular flexibility index (Phi) is 4.85. The molecule has 1 unspecified atom stereocenters. The Morgan fingerprint density at radius 3 is 2.62 bits per heavy atom. The number of aromatic nitrogens is 2. The van der Waals surface area contributed by atoms with E-state index in [0.29, 0.717) is 11.9 Å². The molecule has 0 bridgehead atoms. The normalized spacial score (nSPS) is 17.7. The summed E-state index contributed by atoms with van der Waals surface area (Å²) in [6, 6.07) is 14.9. The van der Waals surface area contributed by atoms with Crippen LogP contribution >= 0.6 is 0 Å². The third kappa shape index (κ3) is 3.56. The van der Waals surface area contributed by atoms with E-state index >= 15 is 0 Å². The van der Waals surface area contributed by atoms with Crippen molar-refractivity contribution in [2.75, 3.05) is 13.1 Å². The fraction of sp³-hybridized carbons (Fsp3) is 0.364. The van der Waals surface area contributed by atoms with Gasteiger partial charge in [0.15, 0.2) is 0 Å². The van der Waals surface area contributed by atoms with Crippen LogP contribution in [-0.4, -0.2) is 34.0 Å². The lowest BCUT2D eigenvalue weighted by atomic mass is 10.1. The Morgan fingerprint density at radius 1 is 1.12 bits per heavy atom. The fourth-order valence-electron chi connectivity index (χ4n) is 3.67. The van der Waals surface area contributed by atoms with Gasteiger partial charge >= 0.3 is 0 Å². The zero-order chi connectivity index (χ0) is 17.9. The topological polar surface area (TPSA) is 42.2 Å². The highest BCUT2D eigenvalue weighted by Gasteiger charge is 2.21. The minimum Gasteiger partial charge on any atom is -0.441 e. The molecular weight excluding hydrogens is 322 g/mol. The molecule has 0 saturated carbocycles. The van der Waals surface area contributed by atoms with Gasteiger partial charge in [-0.3, -0.25) is 4.98 Å². The van der Waals surface area contributed by atoms with Crippen LogP contribution in [-0.2, 0) is 6.42 Å². The molecule has 26 heavy (non-hydrogen) atoms. The van der Waals surface area contributed by atoms with Crippen molar-refractivity contribution in [2.24, 2.45) is 0 Å². The maximum absolute atomic E-state index is 5.94. The second-order valence-electron chi connectivity index (χ2n) is 7.09. The van der Waals surface area contributed by atoms with Crippen LogP contribution in [0.4, 0.5) is 0 Å². The molecule has 3 heterocycles. The summed E-state index contributed by atoms with van der Waals surface area (Å²) in [5, 5.41) is 0. The Labute approximate surface area is 154 Å². The average molecular weight is 347 g/mol. The molecule has 1 aliphatic rings. The van der Waals surface area contributed by atoms with Crippen LogP contribution in [0.5, 0.6) is 0 Å². The highest BCUT2D eigenvalue weighted by Crippen LogP contribution is 2.26. The van der Waals surface area contributed by atoms with Crippen LogP contribution < -0.4 is 0 Å². The standard InChI is InChI=1S/C22H25N3O/c1-16-6-5-14-25(16)15-12-20-17(2)26-22(24-20)19-10-8-18(9-11-19)21-7-3-4-13-23-21/h3-4,7-11,13,16H,5-6,12,14-15H2,1-2H3. The van der Waals surface area contributed by atoms with Gasteiger partial charge in [0.2, 0.25) is 5.89 Å². The van der Waals surface area contributed by atoms with E-state index in [-0.39, 0.29) is 0 Å². The summed E-state index contributed by atoms with van der Waals surface area (Å²) in [6.45, 7) is 6.60. The first-order valence-electron chi connectivity index (χ1n) is 9.43. The number of benzene rings is 1. The highest BCUT2D eigenvalue weighted by molar-refractivity contribution is 5.64. The minimum absolute atomic E-state index is 0.695. The van der Waals surface area contributed by atoms with Gasteiger partial charge in [0, 0.05) is 36.3 Å². The van der Waals surface area contributed by atoms with E-state index in [2.05, 4.69) is 41.1 Å². The molecule has 1 aromatic carbocycles. The van der Waals surface area contributed by atoms with Gasteiger partial charge in [0.05, 0.1) is 11.4 Å². The molecule has 4 nitrogen and oxygen atoms in total. The Bertz CT molecular complexity index is 855. The van der Waals surface area contributed by atoms with E-state index in [9.17, 15) is 0 Å². The Hall–Kier alpha value is -2.46. The van der Waals surface area contributed by atoms with E-state index in [0.717, 1.165) is 41.2 Å². The number of nitrogens with zero attached hydrogens (tertiary/aromatic N) is 3. The number of aryl methyl sites for hydroxylation is 1. The van der Waals surface area contributed by atoms with Crippen molar-refractivity contribution in [3.63, 3.8) is 0 Å². The summed E-state index contributed by atoms with van der Waals surface area (Å²) >= 11 is 0. The first-order valence-corrected chi connectivity index (χ1v) is 9.43. The first kappa shape index (κ1) is 17.0. The highest BCUT2D eigenvalue weighted by atomic mass is 16.4. The lowest BCUT2D eigenvalue weighted by Crippen LogP contribution is -2.29. The van der Waals surface area contributed by atoms with Crippen molar-refractivity contribution in [2.45, 2.75) is 39.2 Å². The van der Waals surface area contributed by atoms with Crippen molar-refractivity contribution in [3.8, 4) is 22.7 Å². The van der Waals surface area contributed by atoms with E-state index < -0.39 is 0 Å². The molecule has 3 aromatic rings. The lowest BCUT2D eigenvalue weighted by Gasteiger charge is -2.20. The maximum atomic E-state index is 5.94. The van der Waals surface area contributed by atoms with Gasteiger partial charge in [-0.25, -0.2) is 4.98 Å². The summed E-state index contributed by atoms with van der Waals surface area (Å²) in [4.78, 5) is 11.7. The third-order valence-electron chi connectivity index (χ3n) is 5.31. The molecule has 0 aliphatic carbocycles. The van der Waals surface area contributed by atoms with Gasteiger partial charge in [0.25, 0.3) is 0 Å². The minimum atomic E-state index is 0.695. The molecule has 1 aliphatic heterocycles. The number of oxazole rings is 1. The van der Waals surface area contributed by atoms with Crippen LogP contribution in [0.25, 0.3) is 22.7 Å². The molecule has 1 fully saturated rings. The van der Waals surface area contributed by atoms with E-state index in [1.54, 1.807) is 0 Å².